The van der Waals surface area contributed by atoms with E-state index in [1.807, 2.05) is 18.7 Å². The summed E-state index contributed by atoms with van der Waals surface area (Å²) in [7, 11) is 0. The van der Waals surface area contributed by atoms with Crippen molar-refractivity contribution in [3.05, 3.63) is 22.8 Å². The number of halogens is 1. The number of hydrogen-bond acceptors (Lipinski definition) is 3. The fourth-order valence-corrected chi connectivity index (χ4v) is 3.15. The summed E-state index contributed by atoms with van der Waals surface area (Å²) in [5.74, 6) is 0.652. The lowest BCUT2D eigenvalue weighted by atomic mass is 9.94. The maximum absolute atomic E-state index is 12.8. The third-order valence-corrected chi connectivity index (χ3v) is 4.33. The van der Waals surface area contributed by atoms with Gasteiger partial charge in [-0.2, -0.15) is 0 Å². The van der Waals surface area contributed by atoms with Crippen molar-refractivity contribution in [2.75, 3.05) is 18.4 Å². The molecule has 0 saturated heterocycles. The molecule has 0 aromatic carbocycles. The maximum atomic E-state index is 12.8. The largest absolute Gasteiger partial charge is 0.370 e. The van der Waals surface area contributed by atoms with Gasteiger partial charge in [0.15, 0.2) is 0 Å². The van der Waals surface area contributed by atoms with Crippen LogP contribution in [0.2, 0.25) is 5.02 Å². The lowest BCUT2D eigenvalue weighted by Gasteiger charge is -2.33. The SMILES string of the molecule is CCNc1ccc(Cl)c(C(=O)N(CC)C2CCCCC2)n1. The van der Waals surface area contributed by atoms with Gasteiger partial charge in [-0.05, 0) is 38.8 Å². The maximum Gasteiger partial charge on any atom is 0.274 e. The monoisotopic (exact) mass is 309 g/mol. The molecule has 0 atom stereocenters. The van der Waals surface area contributed by atoms with Gasteiger partial charge in [0.1, 0.15) is 11.5 Å². The molecule has 0 unspecified atom stereocenters. The van der Waals surface area contributed by atoms with Crippen molar-refractivity contribution >= 4 is 23.3 Å². The molecule has 1 saturated carbocycles. The van der Waals surface area contributed by atoms with Crippen molar-refractivity contribution in [2.24, 2.45) is 0 Å². The van der Waals surface area contributed by atoms with Gasteiger partial charge in [-0.15, -0.1) is 0 Å². The minimum atomic E-state index is -0.0471. The van der Waals surface area contributed by atoms with Crippen molar-refractivity contribution in [3.63, 3.8) is 0 Å². The zero-order chi connectivity index (χ0) is 15.2. The van der Waals surface area contributed by atoms with E-state index in [0.29, 0.717) is 29.1 Å². The molecule has 0 bridgehead atoms. The summed E-state index contributed by atoms with van der Waals surface area (Å²) in [5, 5.41) is 3.55. The lowest BCUT2D eigenvalue weighted by Crippen LogP contribution is -2.41. The summed E-state index contributed by atoms with van der Waals surface area (Å²) < 4.78 is 0. The first-order chi connectivity index (χ1) is 10.2. The number of nitrogens with one attached hydrogen (secondary N) is 1. The van der Waals surface area contributed by atoms with Gasteiger partial charge in [-0.25, -0.2) is 4.98 Å². The Balaban J connectivity index is 2.21. The average Bonchev–Trinajstić information content (AvgIpc) is 2.51. The van der Waals surface area contributed by atoms with Crippen LogP contribution in [-0.4, -0.2) is 34.9 Å². The van der Waals surface area contributed by atoms with Crippen molar-refractivity contribution in [3.8, 4) is 0 Å². The molecule has 2 rings (SSSR count). The molecule has 0 aliphatic heterocycles. The highest BCUT2D eigenvalue weighted by Gasteiger charge is 2.27. The van der Waals surface area contributed by atoms with Crippen LogP contribution >= 0.6 is 11.6 Å². The fourth-order valence-electron chi connectivity index (χ4n) is 2.97. The minimum absolute atomic E-state index is 0.0471. The number of aromatic nitrogens is 1. The number of hydrogen-bond donors (Lipinski definition) is 1. The summed E-state index contributed by atoms with van der Waals surface area (Å²) in [6, 6.07) is 3.88. The summed E-state index contributed by atoms with van der Waals surface area (Å²) >= 11 is 6.19. The fraction of sp³-hybridized carbons (Fsp3) is 0.625. The molecule has 0 spiro atoms. The molecule has 4 nitrogen and oxygen atoms in total. The van der Waals surface area contributed by atoms with E-state index in [0.717, 1.165) is 19.4 Å². The number of pyridine rings is 1. The second-order valence-electron chi connectivity index (χ2n) is 5.44. The molecule has 1 aromatic heterocycles. The van der Waals surface area contributed by atoms with Crippen molar-refractivity contribution in [1.29, 1.82) is 0 Å². The van der Waals surface area contributed by atoms with Crippen LogP contribution < -0.4 is 5.32 Å². The van der Waals surface area contributed by atoms with E-state index in [2.05, 4.69) is 10.3 Å². The molecule has 0 radical (unpaired) electrons. The van der Waals surface area contributed by atoms with Gasteiger partial charge in [-0.3, -0.25) is 4.79 Å². The van der Waals surface area contributed by atoms with Crippen LogP contribution in [0.3, 0.4) is 0 Å². The van der Waals surface area contributed by atoms with Crippen LogP contribution in [0.4, 0.5) is 5.82 Å². The van der Waals surface area contributed by atoms with Crippen LogP contribution in [0, 0.1) is 0 Å². The molecule has 1 amide bonds. The summed E-state index contributed by atoms with van der Waals surface area (Å²) in [4.78, 5) is 19.1. The number of carbonyl (C=O) groups excluding carboxylic acids is 1. The molecule has 5 heteroatoms. The second kappa shape index (κ2) is 7.64. The minimum Gasteiger partial charge on any atom is -0.370 e. The Hall–Kier alpha value is -1.29. The van der Waals surface area contributed by atoms with Gasteiger partial charge in [0.25, 0.3) is 5.91 Å². The Morgan fingerprint density at radius 2 is 2.05 bits per heavy atom. The van der Waals surface area contributed by atoms with E-state index < -0.39 is 0 Å². The van der Waals surface area contributed by atoms with E-state index in [-0.39, 0.29) is 5.91 Å². The van der Waals surface area contributed by atoms with Crippen molar-refractivity contribution in [1.82, 2.24) is 9.88 Å². The number of rotatable bonds is 5. The standard InChI is InChI=1S/C16H24ClN3O/c1-3-18-14-11-10-13(17)15(19-14)16(21)20(4-2)12-8-6-5-7-9-12/h10-12H,3-9H2,1-2H3,(H,18,19). The molecule has 1 aromatic rings. The van der Waals surface area contributed by atoms with Gasteiger partial charge in [0.2, 0.25) is 0 Å². The molecule has 1 N–H and O–H groups in total. The van der Waals surface area contributed by atoms with E-state index in [1.54, 1.807) is 12.1 Å². The van der Waals surface area contributed by atoms with Crippen LogP contribution in [0.15, 0.2) is 12.1 Å². The quantitative estimate of drug-likeness (QED) is 0.895. The molecular formula is C16H24ClN3O. The zero-order valence-electron chi connectivity index (χ0n) is 12.9. The van der Waals surface area contributed by atoms with Gasteiger partial charge in [-0.1, -0.05) is 30.9 Å². The first kappa shape index (κ1) is 16.1. The lowest BCUT2D eigenvalue weighted by molar-refractivity contribution is 0.0642. The number of nitrogens with zero attached hydrogens (tertiary/aromatic N) is 2. The van der Waals surface area contributed by atoms with Crippen LogP contribution in [0.5, 0.6) is 0 Å². The number of anilines is 1. The Bertz CT molecular complexity index is 486. The Labute approximate surface area is 131 Å². The highest BCUT2D eigenvalue weighted by atomic mass is 35.5. The van der Waals surface area contributed by atoms with E-state index in [1.165, 1.54) is 19.3 Å². The molecule has 1 aliphatic carbocycles. The average molecular weight is 310 g/mol. The van der Waals surface area contributed by atoms with Crippen LogP contribution in [0.1, 0.15) is 56.4 Å². The summed E-state index contributed by atoms with van der Waals surface area (Å²) in [5.41, 5.74) is 0.363. The molecule has 116 valence electrons. The molecule has 21 heavy (non-hydrogen) atoms. The van der Waals surface area contributed by atoms with Crippen LogP contribution in [0.25, 0.3) is 0 Å². The summed E-state index contributed by atoms with van der Waals surface area (Å²) in [6.45, 7) is 5.49. The predicted octanol–water partition coefficient (Wildman–Crippen LogP) is 3.96. The van der Waals surface area contributed by atoms with Gasteiger partial charge in [0.05, 0.1) is 5.02 Å². The zero-order valence-corrected chi connectivity index (χ0v) is 13.6. The number of amides is 1. The van der Waals surface area contributed by atoms with E-state index in [9.17, 15) is 4.79 Å². The Morgan fingerprint density at radius 1 is 1.33 bits per heavy atom. The Kier molecular flexibility index (Phi) is 5.85. The predicted molar refractivity (Wildman–Crippen MR) is 87.0 cm³/mol. The molecular weight excluding hydrogens is 286 g/mol. The molecule has 1 aliphatic rings. The topological polar surface area (TPSA) is 45.2 Å². The van der Waals surface area contributed by atoms with Crippen LogP contribution in [-0.2, 0) is 0 Å². The van der Waals surface area contributed by atoms with Gasteiger partial charge < -0.3 is 10.2 Å². The van der Waals surface area contributed by atoms with E-state index >= 15 is 0 Å². The van der Waals surface area contributed by atoms with Gasteiger partial charge in [0, 0.05) is 19.1 Å². The van der Waals surface area contributed by atoms with E-state index in [4.69, 9.17) is 11.6 Å². The highest BCUT2D eigenvalue weighted by molar-refractivity contribution is 6.33. The third kappa shape index (κ3) is 3.88. The number of carbonyl (C=O) groups is 1. The molecule has 1 fully saturated rings. The van der Waals surface area contributed by atoms with Gasteiger partial charge >= 0.3 is 0 Å². The first-order valence-corrected chi connectivity index (χ1v) is 8.26. The third-order valence-electron chi connectivity index (χ3n) is 4.02. The second-order valence-corrected chi connectivity index (χ2v) is 5.85. The first-order valence-electron chi connectivity index (χ1n) is 7.88. The smallest absolute Gasteiger partial charge is 0.274 e. The molecule has 1 heterocycles. The van der Waals surface area contributed by atoms with Crippen molar-refractivity contribution < 1.29 is 4.79 Å². The van der Waals surface area contributed by atoms with Crippen molar-refractivity contribution in [2.45, 2.75) is 52.0 Å². The summed E-state index contributed by atoms with van der Waals surface area (Å²) in [6.07, 6.45) is 5.85. The highest BCUT2D eigenvalue weighted by Crippen LogP contribution is 2.25. The Morgan fingerprint density at radius 3 is 2.67 bits per heavy atom. The normalized spacial score (nSPS) is 15.8.